The molecule has 0 amide bonds. The number of carbonyl (C=O) groups excluding carboxylic acids is 2. The number of hydrogen-bond acceptors (Lipinski definition) is 5. The maximum absolute atomic E-state index is 13.3. The second-order valence-corrected chi connectivity index (χ2v) is 9.20. The van der Waals surface area contributed by atoms with Crippen LogP contribution in [0.1, 0.15) is 46.0 Å². The minimum atomic E-state index is -1.43. The number of hydrogen-bond donors (Lipinski definition) is 3. The van der Waals surface area contributed by atoms with Crippen LogP contribution in [-0.4, -0.2) is 45.2 Å². The van der Waals surface area contributed by atoms with E-state index in [9.17, 15) is 24.9 Å². The standard InChI is InChI=1S/C21H28O5/c1-19-7-5-13(23)9-12(19)3-4-14-15-6-8-21(26,17(25)11-22)20(15,2)10-16(24)18(14)19/h5,7,9,14-15,17-18,22,25-26H,3-4,6,8,10-11H2,1-2H3/t14-,15-,17+,18+,19+,20+,21-/m1/s1. The Kier molecular flexibility index (Phi) is 3.89. The minimum absolute atomic E-state index is 0.00895. The Labute approximate surface area is 153 Å². The highest BCUT2D eigenvalue weighted by atomic mass is 16.4. The number of rotatable bonds is 2. The first-order valence-electron chi connectivity index (χ1n) is 9.65. The van der Waals surface area contributed by atoms with E-state index in [1.54, 1.807) is 12.2 Å². The molecule has 3 fully saturated rings. The van der Waals surface area contributed by atoms with E-state index in [1.165, 1.54) is 0 Å². The van der Waals surface area contributed by atoms with E-state index in [1.807, 2.05) is 13.0 Å². The van der Waals surface area contributed by atoms with Gasteiger partial charge in [-0.15, -0.1) is 0 Å². The molecule has 0 aliphatic heterocycles. The fourth-order valence-electron chi connectivity index (χ4n) is 6.76. The van der Waals surface area contributed by atoms with Crippen LogP contribution in [0.15, 0.2) is 23.8 Å². The smallest absolute Gasteiger partial charge is 0.178 e. The van der Waals surface area contributed by atoms with Crippen LogP contribution in [0.3, 0.4) is 0 Å². The van der Waals surface area contributed by atoms with Crippen LogP contribution in [0.2, 0.25) is 0 Å². The zero-order valence-electron chi connectivity index (χ0n) is 15.4. The summed E-state index contributed by atoms with van der Waals surface area (Å²) in [5.41, 5.74) is -1.53. The van der Waals surface area contributed by atoms with Crippen LogP contribution in [-0.2, 0) is 9.59 Å². The lowest BCUT2D eigenvalue weighted by Crippen LogP contribution is -2.61. The third-order valence-electron chi connectivity index (χ3n) is 8.20. The van der Waals surface area contributed by atoms with Gasteiger partial charge in [-0.3, -0.25) is 9.59 Å². The molecular formula is C21H28O5. The second kappa shape index (κ2) is 5.60. The fourth-order valence-corrected chi connectivity index (χ4v) is 6.76. The molecule has 0 unspecified atom stereocenters. The average molecular weight is 360 g/mol. The van der Waals surface area contributed by atoms with Crippen LogP contribution in [0.4, 0.5) is 0 Å². The van der Waals surface area contributed by atoms with Gasteiger partial charge in [0.1, 0.15) is 11.9 Å². The Bertz CT molecular complexity index is 724. The number of carbonyl (C=O) groups is 2. The molecule has 5 nitrogen and oxygen atoms in total. The van der Waals surface area contributed by atoms with Crippen molar-refractivity contribution >= 4 is 11.6 Å². The molecule has 3 N–H and O–H groups in total. The number of ketones is 2. The molecule has 142 valence electrons. The van der Waals surface area contributed by atoms with Crippen molar-refractivity contribution in [3.63, 3.8) is 0 Å². The summed E-state index contributed by atoms with van der Waals surface area (Å²) in [6.45, 7) is 3.46. The molecule has 0 spiro atoms. The lowest BCUT2D eigenvalue weighted by atomic mass is 9.46. The highest BCUT2D eigenvalue weighted by molar-refractivity contribution is 6.01. The molecule has 0 saturated heterocycles. The van der Waals surface area contributed by atoms with Gasteiger partial charge in [0.25, 0.3) is 0 Å². The monoisotopic (exact) mass is 360 g/mol. The van der Waals surface area contributed by atoms with Crippen molar-refractivity contribution < 1.29 is 24.9 Å². The van der Waals surface area contributed by atoms with Crippen LogP contribution in [0.25, 0.3) is 0 Å². The Morgan fingerprint density at radius 1 is 1.27 bits per heavy atom. The van der Waals surface area contributed by atoms with Gasteiger partial charge in [-0.2, -0.15) is 0 Å². The summed E-state index contributed by atoms with van der Waals surface area (Å²) in [5.74, 6) is 0.164. The number of aliphatic hydroxyl groups excluding tert-OH is 2. The van der Waals surface area contributed by atoms with Gasteiger partial charge in [0.05, 0.1) is 12.2 Å². The van der Waals surface area contributed by atoms with Crippen molar-refractivity contribution in [3.8, 4) is 0 Å². The summed E-state index contributed by atoms with van der Waals surface area (Å²) in [5, 5.41) is 31.0. The molecule has 26 heavy (non-hydrogen) atoms. The lowest BCUT2D eigenvalue weighted by Gasteiger charge is -2.57. The number of Topliss-reactive ketones (excluding diaryl/α,β-unsaturated/α-hetero) is 1. The van der Waals surface area contributed by atoms with Crippen molar-refractivity contribution in [2.45, 2.75) is 57.7 Å². The van der Waals surface area contributed by atoms with Crippen LogP contribution >= 0.6 is 0 Å². The van der Waals surface area contributed by atoms with Gasteiger partial charge in [-0.05, 0) is 49.7 Å². The molecule has 4 aliphatic rings. The Morgan fingerprint density at radius 3 is 2.69 bits per heavy atom. The molecular weight excluding hydrogens is 332 g/mol. The fraction of sp³-hybridized carbons (Fsp3) is 0.714. The first-order chi connectivity index (χ1) is 12.2. The molecule has 0 radical (unpaired) electrons. The molecule has 0 bridgehead atoms. The van der Waals surface area contributed by atoms with E-state index in [0.717, 1.165) is 24.8 Å². The largest absolute Gasteiger partial charge is 0.394 e. The predicted molar refractivity (Wildman–Crippen MR) is 95.0 cm³/mol. The van der Waals surface area contributed by atoms with Crippen molar-refractivity contribution in [3.05, 3.63) is 23.8 Å². The first-order valence-corrected chi connectivity index (χ1v) is 9.65. The third-order valence-corrected chi connectivity index (χ3v) is 8.20. The number of aliphatic hydroxyl groups is 3. The molecule has 4 aliphatic carbocycles. The van der Waals surface area contributed by atoms with Crippen LogP contribution in [0, 0.1) is 28.6 Å². The van der Waals surface area contributed by atoms with Gasteiger partial charge < -0.3 is 15.3 Å². The van der Waals surface area contributed by atoms with Gasteiger partial charge in [-0.1, -0.05) is 25.5 Å². The summed E-state index contributed by atoms with van der Waals surface area (Å²) in [4.78, 5) is 25.1. The second-order valence-electron chi connectivity index (χ2n) is 9.20. The van der Waals surface area contributed by atoms with Crippen LogP contribution < -0.4 is 0 Å². The van der Waals surface area contributed by atoms with E-state index in [-0.39, 0.29) is 35.7 Å². The molecule has 5 heteroatoms. The Hall–Kier alpha value is -1.30. The van der Waals surface area contributed by atoms with Crippen molar-refractivity contribution in [1.29, 1.82) is 0 Å². The third kappa shape index (κ3) is 2.08. The molecule has 0 aromatic heterocycles. The normalized spacial score (nSPS) is 48.5. The molecule has 4 rings (SSSR count). The van der Waals surface area contributed by atoms with Gasteiger partial charge in [0, 0.05) is 23.2 Å². The average Bonchev–Trinajstić information content (AvgIpc) is 2.86. The van der Waals surface area contributed by atoms with E-state index >= 15 is 0 Å². The summed E-state index contributed by atoms with van der Waals surface area (Å²) in [6.07, 6.45) is 6.91. The van der Waals surface area contributed by atoms with Crippen molar-refractivity contribution in [2.24, 2.45) is 28.6 Å². The maximum Gasteiger partial charge on any atom is 0.178 e. The van der Waals surface area contributed by atoms with Gasteiger partial charge in [0.15, 0.2) is 5.78 Å². The zero-order chi connectivity index (χ0) is 18.9. The van der Waals surface area contributed by atoms with E-state index < -0.39 is 29.1 Å². The Balaban J connectivity index is 1.75. The van der Waals surface area contributed by atoms with Gasteiger partial charge in [-0.25, -0.2) is 0 Å². The summed E-state index contributed by atoms with van der Waals surface area (Å²) in [7, 11) is 0. The van der Waals surface area contributed by atoms with E-state index in [4.69, 9.17) is 0 Å². The van der Waals surface area contributed by atoms with Crippen LogP contribution in [0.5, 0.6) is 0 Å². The minimum Gasteiger partial charge on any atom is -0.394 e. The van der Waals surface area contributed by atoms with Gasteiger partial charge >= 0.3 is 0 Å². The number of allylic oxidation sites excluding steroid dienone is 4. The summed E-state index contributed by atoms with van der Waals surface area (Å²) >= 11 is 0. The summed E-state index contributed by atoms with van der Waals surface area (Å²) < 4.78 is 0. The van der Waals surface area contributed by atoms with E-state index in [2.05, 4.69) is 6.92 Å². The number of fused-ring (bicyclic) bond motifs is 5. The van der Waals surface area contributed by atoms with Crippen molar-refractivity contribution in [2.75, 3.05) is 6.61 Å². The summed E-state index contributed by atoms with van der Waals surface area (Å²) in [6, 6.07) is 0. The Morgan fingerprint density at radius 2 is 2.00 bits per heavy atom. The predicted octanol–water partition coefficient (Wildman–Crippen LogP) is 1.56. The first kappa shape index (κ1) is 18.1. The SMILES string of the molecule is C[C@]12C=CC(=O)C=C1CC[C@H]1[C@H]2C(=O)C[C@@]2(C)[C@@H]1CC[C@@]2(O)[C@@H](O)CO. The quantitative estimate of drug-likeness (QED) is 0.695. The topological polar surface area (TPSA) is 94.8 Å². The molecule has 3 saturated carbocycles. The maximum atomic E-state index is 13.3. The highest BCUT2D eigenvalue weighted by Crippen LogP contribution is 2.66. The van der Waals surface area contributed by atoms with E-state index in [0.29, 0.717) is 6.42 Å². The molecule has 0 aromatic rings. The lowest BCUT2D eigenvalue weighted by molar-refractivity contribution is -0.186. The molecule has 0 aromatic carbocycles. The molecule has 7 atom stereocenters. The molecule has 0 heterocycles. The van der Waals surface area contributed by atoms with Gasteiger partial charge in [0.2, 0.25) is 0 Å². The highest BCUT2D eigenvalue weighted by Gasteiger charge is 2.67. The van der Waals surface area contributed by atoms with Crippen molar-refractivity contribution in [1.82, 2.24) is 0 Å². The zero-order valence-corrected chi connectivity index (χ0v) is 15.4.